The van der Waals surface area contributed by atoms with Crippen LogP contribution >= 0.6 is 0 Å². The molecular formula is C8H12N2O2. The van der Waals surface area contributed by atoms with Gasteiger partial charge in [0.1, 0.15) is 0 Å². The van der Waals surface area contributed by atoms with Crippen molar-refractivity contribution in [2.75, 3.05) is 13.7 Å². The summed E-state index contributed by atoms with van der Waals surface area (Å²) in [6, 6.07) is 2.05. The van der Waals surface area contributed by atoms with Crippen LogP contribution in [-0.2, 0) is 0 Å². The molecule has 12 heavy (non-hydrogen) atoms. The van der Waals surface area contributed by atoms with Crippen molar-refractivity contribution in [3.8, 4) is 11.9 Å². The fraction of sp³-hybridized carbons (Fsp3) is 0.500. The predicted molar refractivity (Wildman–Crippen MR) is 44.4 cm³/mol. The molecule has 1 aromatic heterocycles. The molecule has 0 unspecified atom stereocenters. The van der Waals surface area contributed by atoms with E-state index in [0.717, 1.165) is 6.42 Å². The summed E-state index contributed by atoms with van der Waals surface area (Å²) >= 11 is 0. The molecule has 1 rings (SSSR count). The molecule has 0 amide bonds. The van der Waals surface area contributed by atoms with Gasteiger partial charge in [-0.05, 0) is 6.42 Å². The van der Waals surface area contributed by atoms with Gasteiger partial charge >= 0.3 is 6.01 Å². The van der Waals surface area contributed by atoms with E-state index in [1.54, 1.807) is 19.4 Å². The van der Waals surface area contributed by atoms with Gasteiger partial charge in [0.2, 0.25) is 5.88 Å². The minimum absolute atomic E-state index is 0.371. The second-order valence-corrected chi connectivity index (χ2v) is 2.23. The van der Waals surface area contributed by atoms with Crippen LogP contribution in [0.3, 0.4) is 0 Å². The van der Waals surface area contributed by atoms with E-state index in [1.165, 1.54) is 0 Å². The Morgan fingerprint density at radius 1 is 1.50 bits per heavy atom. The highest BCUT2D eigenvalue weighted by atomic mass is 16.5. The van der Waals surface area contributed by atoms with E-state index in [9.17, 15) is 0 Å². The molecule has 0 aliphatic heterocycles. The van der Waals surface area contributed by atoms with Crippen LogP contribution in [0.2, 0.25) is 0 Å². The standard InChI is InChI=1S/C8H12N2O2/c1-3-6-12-8-9-5-4-7(10-8)11-2/h4-5H,3,6H2,1-2H3. The Kier molecular flexibility index (Phi) is 3.32. The lowest BCUT2D eigenvalue weighted by Crippen LogP contribution is -2.00. The molecule has 0 spiro atoms. The summed E-state index contributed by atoms with van der Waals surface area (Å²) in [5.74, 6) is 0.524. The quantitative estimate of drug-likeness (QED) is 0.679. The summed E-state index contributed by atoms with van der Waals surface area (Å²) in [7, 11) is 1.56. The Morgan fingerprint density at radius 2 is 2.33 bits per heavy atom. The van der Waals surface area contributed by atoms with E-state index in [1.807, 2.05) is 6.92 Å². The fourth-order valence-corrected chi connectivity index (χ4v) is 0.702. The van der Waals surface area contributed by atoms with E-state index in [4.69, 9.17) is 9.47 Å². The van der Waals surface area contributed by atoms with Crippen LogP contribution in [0.4, 0.5) is 0 Å². The molecular weight excluding hydrogens is 156 g/mol. The first-order chi connectivity index (χ1) is 5.86. The van der Waals surface area contributed by atoms with Gasteiger partial charge in [0.05, 0.1) is 13.7 Å². The van der Waals surface area contributed by atoms with Crippen LogP contribution in [0.15, 0.2) is 12.3 Å². The number of ether oxygens (including phenoxy) is 2. The molecule has 4 heteroatoms. The molecule has 66 valence electrons. The Balaban J connectivity index is 2.60. The Bertz CT molecular complexity index is 240. The molecule has 1 aromatic rings. The zero-order chi connectivity index (χ0) is 8.81. The zero-order valence-corrected chi connectivity index (χ0v) is 7.28. The summed E-state index contributed by atoms with van der Waals surface area (Å²) in [6.07, 6.45) is 2.55. The highest BCUT2D eigenvalue weighted by Gasteiger charge is 1.97. The summed E-state index contributed by atoms with van der Waals surface area (Å²) in [6.45, 7) is 2.66. The topological polar surface area (TPSA) is 44.2 Å². The molecule has 0 aromatic carbocycles. The van der Waals surface area contributed by atoms with E-state index in [0.29, 0.717) is 18.5 Å². The third-order valence-electron chi connectivity index (χ3n) is 1.25. The number of methoxy groups -OCH3 is 1. The van der Waals surface area contributed by atoms with Crippen molar-refractivity contribution in [3.05, 3.63) is 12.3 Å². The Hall–Kier alpha value is -1.32. The highest BCUT2D eigenvalue weighted by molar-refractivity contribution is 5.10. The van der Waals surface area contributed by atoms with Gasteiger partial charge in [-0.3, -0.25) is 0 Å². The second kappa shape index (κ2) is 4.54. The zero-order valence-electron chi connectivity index (χ0n) is 7.28. The van der Waals surface area contributed by atoms with E-state index in [-0.39, 0.29) is 0 Å². The minimum Gasteiger partial charge on any atom is -0.481 e. The van der Waals surface area contributed by atoms with Gasteiger partial charge in [-0.25, -0.2) is 4.98 Å². The van der Waals surface area contributed by atoms with Gasteiger partial charge in [0.15, 0.2) is 0 Å². The maximum absolute atomic E-state index is 5.20. The molecule has 0 atom stereocenters. The van der Waals surface area contributed by atoms with Crippen LogP contribution in [0, 0.1) is 0 Å². The number of nitrogens with zero attached hydrogens (tertiary/aromatic N) is 2. The van der Waals surface area contributed by atoms with Crippen molar-refractivity contribution in [2.45, 2.75) is 13.3 Å². The van der Waals surface area contributed by atoms with Crippen molar-refractivity contribution in [2.24, 2.45) is 0 Å². The molecule has 0 N–H and O–H groups in total. The Morgan fingerprint density at radius 3 is 3.00 bits per heavy atom. The third-order valence-corrected chi connectivity index (χ3v) is 1.25. The smallest absolute Gasteiger partial charge is 0.319 e. The maximum Gasteiger partial charge on any atom is 0.319 e. The van der Waals surface area contributed by atoms with Crippen molar-refractivity contribution in [1.29, 1.82) is 0 Å². The van der Waals surface area contributed by atoms with Crippen LogP contribution in [0.5, 0.6) is 11.9 Å². The average molecular weight is 168 g/mol. The van der Waals surface area contributed by atoms with Gasteiger partial charge in [-0.15, -0.1) is 0 Å². The molecule has 0 radical (unpaired) electrons. The third kappa shape index (κ3) is 2.38. The summed E-state index contributed by atoms with van der Waals surface area (Å²) in [4.78, 5) is 7.88. The lowest BCUT2D eigenvalue weighted by Gasteiger charge is -2.02. The van der Waals surface area contributed by atoms with Gasteiger partial charge in [-0.2, -0.15) is 4.98 Å². The monoisotopic (exact) mass is 168 g/mol. The van der Waals surface area contributed by atoms with E-state index < -0.39 is 0 Å². The van der Waals surface area contributed by atoms with Crippen LogP contribution < -0.4 is 9.47 Å². The lowest BCUT2D eigenvalue weighted by molar-refractivity contribution is 0.284. The number of hydrogen-bond acceptors (Lipinski definition) is 4. The van der Waals surface area contributed by atoms with Gasteiger partial charge in [0.25, 0.3) is 0 Å². The number of rotatable bonds is 4. The molecule has 4 nitrogen and oxygen atoms in total. The molecule has 0 fully saturated rings. The summed E-state index contributed by atoms with van der Waals surface area (Å²) < 4.78 is 10.1. The number of hydrogen-bond donors (Lipinski definition) is 0. The Labute approximate surface area is 71.6 Å². The van der Waals surface area contributed by atoms with Gasteiger partial charge in [-0.1, -0.05) is 6.92 Å². The fourth-order valence-electron chi connectivity index (χ4n) is 0.702. The molecule has 1 heterocycles. The molecule has 0 aliphatic carbocycles. The number of aromatic nitrogens is 2. The largest absolute Gasteiger partial charge is 0.481 e. The first kappa shape index (κ1) is 8.77. The van der Waals surface area contributed by atoms with E-state index in [2.05, 4.69) is 9.97 Å². The normalized spacial score (nSPS) is 9.50. The van der Waals surface area contributed by atoms with E-state index >= 15 is 0 Å². The van der Waals surface area contributed by atoms with Crippen LogP contribution in [0.1, 0.15) is 13.3 Å². The molecule has 0 aliphatic rings. The first-order valence-electron chi connectivity index (χ1n) is 3.86. The molecule has 0 saturated heterocycles. The minimum atomic E-state index is 0.371. The lowest BCUT2D eigenvalue weighted by atomic mass is 10.5. The summed E-state index contributed by atoms with van der Waals surface area (Å²) in [5, 5.41) is 0. The predicted octanol–water partition coefficient (Wildman–Crippen LogP) is 1.27. The van der Waals surface area contributed by atoms with Crippen molar-refractivity contribution in [1.82, 2.24) is 9.97 Å². The van der Waals surface area contributed by atoms with Crippen LogP contribution in [0.25, 0.3) is 0 Å². The van der Waals surface area contributed by atoms with Gasteiger partial charge < -0.3 is 9.47 Å². The van der Waals surface area contributed by atoms with Crippen molar-refractivity contribution < 1.29 is 9.47 Å². The molecule has 0 saturated carbocycles. The molecule has 0 bridgehead atoms. The van der Waals surface area contributed by atoms with Gasteiger partial charge in [0, 0.05) is 12.3 Å². The first-order valence-corrected chi connectivity index (χ1v) is 3.86. The average Bonchev–Trinajstić information content (AvgIpc) is 2.15. The summed E-state index contributed by atoms with van der Waals surface area (Å²) in [5.41, 5.74) is 0. The highest BCUT2D eigenvalue weighted by Crippen LogP contribution is 2.08. The second-order valence-electron chi connectivity index (χ2n) is 2.23. The maximum atomic E-state index is 5.20. The van der Waals surface area contributed by atoms with Crippen LogP contribution in [-0.4, -0.2) is 23.7 Å². The van der Waals surface area contributed by atoms with Crippen molar-refractivity contribution >= 4 is 0 Å². The SMILES string of the molecule is CCCOc1nccc(OC)n1. The van der Waals surface area contributed by atoms with Crippen molar-refractivity contribution in [3.63, 3.8) is 0 Å².